The molecule has 0 spiro atoms. The van der Waals surface area contributed by atoms with Crippen molar-refractivity contribution in [3.05, 3.63) is 49.3 Å². The standard InChI is InChI=1S/C11H10Br2N2O/c1-2-9-10(13)11(16)15(14-9)8-5-3-4-7(12)6-8/h3-6,14H,2H2,1H3. The zero-order chi connectivity index (χ0) is 11.7. The quantitative estimate of drug-likeness (QED) is 0.891. The van der Waals surface area contributed by atoms with Crippen LogP contribution in [-0.4, -0.2) is 9.78 Å². The normalized spacial score (nSPS) is 10.7. The van der Waals surface area contributed by atoms with E-state index in [9.17, 15) is 4.79 Å². The summed E-state index contributed by atoms with van der Waals surface area (Å²) < 4.78 is 3.09. The summed E-state index contributed by atoms with van der Waals surface area (Å²) in [5.74, 6) is 0. The highest BCUT2D eigenvalue weighted by atomic mass is 79.9. The lowest BCUT2D eigenvalue weighted by atomic mass is 10.3. The second-order valence-corrected chi connectivity index (χ2v) is 5.09. The van der Waals surface area contributed by atoms with Gasteiger partial charge in [0.2, 0.25) is 0 Å². The van der Waals surface area contributed by atoms with Crippen LogP contribution in [0.5, 0.6) is 0 Å². The van der Waals surface area contributed by atoms with Crippen molar-refractivity contribution < 1.29 is 0 Å². The highest BCUT2D eigenvalue weighted by Gasteiger charge is 2.11. The number of hydrogen-bond donors (Lipinski definition) is 1. The number of aryl methyl sites for hydroxylation is 1. The first kappa shape index (κ1) is 11.7. The van der Waals surface area contributed by atoms with Gasteiger partial charge in [0.15, 0.2) is 0 Å². The van der Waals surface area contributed by atoms with Crippen LogP contribution in [0.3, 0.4) is 0 Å². The molecule has 0 saturated heterocycles. The van der Waals surface area contributed by atoms with Gasteiger partial charge in [0.1, 0.15) is 4.47 Å². The predicted octanol–water partition coefficient (Wildman–Crippen LogP) is 3.25. The van der Waals surface area contributed by atoms with Crippen LogP contribution in [0.2, 0.25) is 0 Å². The summed E-state index contributed by atoms with van der Waals surface area (Å²) in [5, 5.41) is 3.08. The van der Waals surface area contributed by atoms with E-state index in [0.717, 1.165) is 22.3 Å². The molecule has 0 unspecified atom stereocenters. The predicted molar refractivity (Wildman–Crippen MR) is 71.2 cm³/mol. The number of halogens is 2. The van der Waals surface area contributed by atoms with Gasteiger partial charge in [0.25, 0.3) is 5.56 Å². The molecule has 0 saturated carbocycles. The van der Waals surface area contributed by atoms with E-state index < -0.39 is 0 Å². The zero-order valence-electron chi connectivity index (χ0n) is 8.63. The van der Waals surface area contributed by atoms with Crippen molar-refractivity contribution in [1.29, 1.82) is 0 Å². The van der Waals surface area contributed by atoms with E-state index in [0.29, 0.717) is 4.47 Å². The third kappa shape index (κ3) is 2.01. The van der Waals surface area contributed by atoms with E-state index in [-0.39, 0.29) is 5.56 Å². The molecule has 1 N–H and O–H groups in total. The number of aromatic nitrogens is 2. The monoisotopic (exact) mass is 344 g/mol. The van der Waals surface area contributed by atoms with Gasteiger partial charge >= 0.3 is 0 Å². The minimum atomic E-state index is -0.0602. The maximum absolute atomic E-state index is 11.9. The van der Waals surface area contributed by atoms with Crippen molar-refractivity contribution in [2.75, 3.05) is 0 Å². The van der Waals surface area contributed by atoms with Gasteiger partial charge in [-0.15, -0.1) is 0 Å². The van der Waals surface area contributed by atoms with Crippen molar-refractivity contribution in [1.82, 2.24) is 9.78 Å². The third-order valence-electron chi connectivity index (χ3n) is 2.32. The molecule has 0 aliphatic rings. The number of aromatic amines is 1. The first-order valence-electron chi connectivity index (χ1n) is 4.88. The Balaban J connectivity index is 2.61. The fraction of sp³-hybridized carbons (Fsp3) is 0.182. The largest absolute Gasteiger partial charge is 0.294 e. The average molecular weight is 346 g/mol. The van der Waals surface area contributed by atoms with E-state index in [4.69, 9.17) is 0 Å². The van der Waals surface area contributed by atoms with Gasteiger partial charge in [-0.2, -0.15) is 0 Å². The average Bonchev–Trinajstić information content (AvgIpc) is 2.56. The first-order chi connectivity index (χ1) is 7.63. The fourth-order valence-corrected chi connectivity index (χ4v) is 2.43. The van der Waals surface area contributed by atoms with Crippen LogP contribution < -0.4 is 5.56 Å². The molecule has 0 bridgehead atoms. The summed E-state index contributed by atoms with van der Waals surface area (Å²) in [6.07, 6.45) is 0.789. The van der Waals surface area contributed by atoms with Gasteiger partial charge in [-0.05, 0) is 40.5 Å². The molecule has 5 heteroatoms. The number of H-pyrrole nitrogens is 1. The van der Waals surface area contributed by atoms with Crippen LogP contribution in [0.4, 0.5) is 0 Å². The van der Waals surface area contributed by atoms with Crippen molar-refractivity contribution in [2.45, 2.75) is 13.3 Å². The van der Waals surface area contributed by atoms with Crippen LogP contribution in [0, 0.1) is 0 Å². The van der Waals surface area contributed by atoms with Gasteiger partial charge in [0.05, 0.1) is 11.4 Å². The molecule has 0 aliphatic carbocycles. The minimum absolute atomic E-state index is 0.0602. The van der Waals surface area contributed by atoms with Gasteiger partial charge in [-0.1, -0.05) is 28.9 Å². The van der Waals surface area contributed by atoms with Crippen molar-refractivity contribution in [3.63, 3.8) is 0 Å². The highest BCUT2D eigenvalue weighted by molar-refractivity contribution is 9.10. The molecule has 84 valence electrons. The van der Waals surface area contributed by atoms with Crippen LogP contribution in [0.15, 0.2) is 38.0 Å². The summed E-state index contributed by atoms with van der Waals surface area (Å²) in [6, 6.07) is 7.60. The molecule has 0 radical (unpaired) electrons. The SMILES string of the molecule is CCc1[nH]n(-c2cccc(Br)c2)c(=O)c1Br. The molecular formula is C11H10Br2N2O. The first-order valence-corrected chi connectivity index (χ1v) is 6.47. The Morgan fingerprint density at radius 2 is 2.12 bits per heavy atom. The Kier molecular flexibility index (Phi) is 3.35. The van der Waals surface area contributed by atoms with E-state index in [1.807, 2.05) is 31.2 Å². The van der Waals surface area contributed by atoms with Crippen LogP contribution in [0.25, 0.3) is 5.69 Å². The summed E-state index contributed by atoms with van der Waals surface area (Å²) >= 11 is 6.69. The van der Waals surface area contributed by atoms with E-state index in [1.165, 1.54) is 4.68 Å². The summed E-state index contributed by atoms with van der Waals surface area (Å²) in [5.41, 5.74) is 1.67. The number of benzene rings is 1. The topological polar surface area (TPSA) is 37.8 Å². The molecule has 1 aromatic carbocycles. The second-order valence-electron chi connectivity index (χ2n) is 3.38. The second kappa shape index (κ2) is 4.59. The van der Waals surface area contributed by atoms with Crippen molar-refractivity contribution in [2.24, 2.45) is 0 Å². The Hall–Kier alpha value is -0.810. The molecular weight excluding hydrogens is 336 g/mol. The lowest BCUT2D eigenvalue weighted by Crippen LogP contribution is -2.14. The maximum Gasteiger partial charge on any atom is 0.285 e. The summed E-state index contributed by atoms with van der Waals surface area (Å²) in [4.78, 5) is 11.9. The lowest BCUT2D eigenvalue weighted by Gasteiger charge is -2.01. The summed E-state index contributed by atoms with van der Waals surface area (Å²) in [7, 11) is 0. The fourth-order valence-electron chi connectivity index (χ4n) is 1.49. The van der Waals surface area contributed by atoms with Gasteiger partial charge in [0, 0.05) is 4.47 Å². The summed E-state index contributed by atoms with van der Waals surface area (Å²) in [6.45, 7) is 2.00. The Labute approximate surface area is 110 Å². The van der Waals surface area contributed by atoms with Crippen LogP contribution in [-0.2, 0) is 6.42 Å². The molecule has 0 atom stereocenters. The Morgan fingerprint density at radius 3 is 2.69 bits per heavy atom. The lowest BCUT2D eigenvalue weighted by molar-refractivity contribution is 0.819. The molecule has 0 fully saturated rings. The highest BCUT2D eigenvalue weighted by Crippen LogP contribution is 2.16. The third-order valence-corrected chi connectivity index (χ3v) is 3.63. The van der Waals surface area contributed by atoms with Crippen molar-refractivity contribution >= 4 is 31.9 Å². The molecule has 2 aromatic rings. The van der Waals surface area contributed by atoms with Crippen LogP contribution in [0.1, 0.15) is 12.6 Å². The van der Waals surface area contributed by atoms with Crippen molar-refractivity contribution in [3.8, 4) is 5.69 Å². The molecule has 0 amide bonds. The van der Waals surface area contributed by atoms with Gasteiger partial charge < -0.3 is 0 Å². The smallest absolute Gasteiger partial charge is 0.285 e. The Morgan fingerprint density at radius 1 is 1.38 bits per heavy atom. The number of nitrogens with zero attached hydrogens (tertiary/aromatic N) is 1. The zero-order valence-corrected chi connectivity index (χ0v) is 11.8. The van der Waals surface area contributed by atoms with Crippen LogP contribution >= 0.6 is 31.9 Å². The number of rotatable bonds is 2. The van der Waals surface area contributed by atoms with Gasteiger partial charge in [-0.25, -0.2) is 4.68 Å². The molecule has 3 nitrogen and oxygen atoms in total. The molecule has 1 heterocycles. The van der Waals surface area contributed by atoms with Gasteiger partial charge in [-0.3, -0.25) is 9.89 Å². The number of hydrogen-bond acceptors (Lipinski definition) is 1. The van der Waals surface area contributed by atoms with E-state index in [2.05, 4.69) is 37.0 Å². The maximum atomic E-state index is 11.9. The van der Waals surface area contributed by atoms with E-state index >= 15 is 0 Å². The molecule has 16 heavy (non-hydrogen) atoms. The number of nitrogens with one attached hydrogen (secondary N) is 1. The molecule has 2 rings (SSSR count). The molecule has 0 aliphatic heterocycles. The molecule has 1 aromatic heterocycles. The Bertz CT molecular complexity index is 572. The van der Waals surface area contributed by atoms with E-state index in [1.54, 1.807) is 0 Å². The minimum Gasteiger partial charge on any atom is -0.294 e.